The third-order valence-corrected chi connectivity index (χ3v) is 8.81. The smallest absolute Gasteiger partial charge is 0.408 e. The van der Waals surface area contributed by atoms with Gasteiger partial charge in [0.1, 0.15) is 40.5 Å². The molecule has 260 valence electrons. The number of nitrogens with zero attached hydrogens (tertiary/aromatic N) is 6. The molecule has 5 atom stereocenters. The van der Waals surface area contributed by atoms with Gasteiger partial charge in [0.05, 0.1) is 6.04 Å². The predicted octanol–water partition coefficient (Wildman–Crippen LogP) is 3.20. The number of allylic oxidation sites excluding steroid dienone is 1. The van der Waals surface area contributed by atoms with Crippen molar-refractivity contribution in [1.29, 1.82) is 0 Å². The molecule has 2 fully saturated rings. The van der Waals surface area contributed by atoms with Gasteiger partial charge in [-0.2, -0.15) is 4.80 Å². The molecule has 0 radical (unpaired) electrons. The van der Waals surface area contributed by atoms with Crippen LogP contribution in [0.4, 0.5) is 19.3 Å². The summed E-state index contributed by atoms with van der Waals surface area (Å²) < 4.78 is 34.9. The van der Waals surface area contributed by atoms with E-state index in [0.717, 1.165) is 25.0 Å². The van der Waals surface area contributed by atoms with Crippen LogP contribution in [0.5, 0.6) is 0 Å². The number of halogens is 2. The lowest BCUT2D eigenvalue weighted by atomic mass is 10.0. The molecular formula is C32H42F2N8O6. The fourth-order valence-electron chi connectivity index (χ4n) is 6.31. The number of anilines is 1. The highest BCUT2D eigenvalue weighted by atomic mass is 19.1. The Bertz CT molecular complexity index is 1580. The van der Waals surface area contributed by atoms with Gasteiger partial charge in [-0.05, 0) is 63.8 Å². The maximum Gasteiger partial charge on any atom is 0.408 e. The fourth-order valence-corrected chi connectivity index (χ4v) is 6.31. The molecule has 3 aliphatic rings. The number of tetrazole rings is 1. The second kappa shape index (κ2) is 13.5. The van der Waals surface area contributed by atoms with E-state index in [1.807, 2.05) is 12.2 Å². The van der Waals surface area contributed by atoms with Crippen LogP contribution in [0.25, 0.3) is 11.4 Å². The number of carboxylic acid groups (broad SMARTS) is 1. The van der Waals surface area contributed by atoms with Crippen LogP contribution in [0.15, 0.2) is 24.3 Å². The zero-order valence-electron chi connectivity index (χ0n) is 27.7. The molecule has 1 unspecified atom stereocenters. The molecule has 1 aromatic carbocycles. The zero-order valence-corrected chi connectivity index (χ0v) is 27.7. The number of aliphatic carboxylic acids is 1. The van der Waals surface area contributed by atoms with Gasteiger partial charge in [0, 0.05) is 38.5 Å². The van der Waals surface area contributed by atoms with Gasteiger partial charge in [-0.15, -0.1) is 10.2 Å². The highest BCUT2D eigenvalue weighted by Gasteiger charge is 2.61. The van der Waals surface area contributed by atoms with Crippen molar-refractivity contribution < 1.29 is 37.8 Å². The molecule has 1 aromatic heterocycles. The third-order valence-electron chi connectivity index (χ3n) is 8.81. The maximum atomic E-state index is 14.7. The Morgan fingerprint density at radius 2 is 1.85 bits per heavy atom. The number of nitrogens with one attached hydrogen (secondary N) is 2. The summed E-state index contributed by atoms with van der Waals surface area (Å²) in [5.74, 6) is -4.48. The molecule has 48 heavy (non-hydrogen) atoms. The number of carbonyl (C=O) groups is 4. The predicted molar refractivity (Wildman–Crippen MR) is 169 cm³/mol. The van der Waals surface area contributed by atoms with E-state index in [2.05, 4.69) is 26.0 Å². The summed E-state index contributed by atoms with van der Waals surface area (Å²) in [5, 5.41) is 27.8. The summed E-state index contributed by atoms with van der Waals surface area (Å²) >= 11 is 0. The van der Waals surface area contributed by atoms with Crippen molar-refractivity contribution in [2.24, 2.45) is 5.92 Å². The zero-order chi connectivity index (χ0) is 35.0. The minimum Gasteiger partial charge on any atom is -0.479 e. The lowest BCUT2D eigenvalue weighted by Crippen LogP contribution is -2.56. The van der Waals surface area contributed by atoms with Gasteiger partial charge < -0.3 is 30.3 Å². The molecule has 1 saturated heterocycles. The van der Waals surface area contributed by atoms with E-state index in [4.69, 9.17) is 4.74 Å². The standard InChI is InChI=1S/C32H42F2N8O6/c1-31(2,3)48-30(47)35-23-12-10-8-6-7-9-11-19-16-32(19,29(45)46)36-27(43)24-15-20(17-41(24)28(23)44)42-38-26(37-39-42)18-13-21(33)25(40(4)5)22(34)14-18/h9,11,13-14,19-20,23-24H,6-8,10,12,15-17H2,1-5H3,(H,35,47)(H,36,43)(H,45,46)/t19-,20?,23-,24+,32+/m1/s1. The van der Waals surface area contributed by atoms with Crippen LogP contribution in [0.1, 0.15) is 71.8 Å². The number of benzene rings is 1. The number of hydrogen-bond donors (Lipinski definition) is 3. The summed E-state index contributed by atoms with van der Waals surface area (Å²) in [6.45, 7) is 5.02. The van der Waals surface area contributed by atoms with Gasteiger partial charge in [0.15, 0.2) is 0 Å². The van der Waals surface area contributed by atoms with Crippen LogP contribution < -0.4 is 15.5 Å². The number of fused-ring (bicyclic) bond motifs is 2. The quantitative estimate of drug-likeness (QED) is 0.401. The Morgan fingerprint density at radius 3 is 2.50 bits per heavy atom. The van der Waals surface area contributed by atoms with Crippen LogP contribution in [0.2, 0.25) is 0 Å². The number of rotatable bonds is 5. The van der Waals surface area contributed by atoms with Gasteiger partial charge >= 0.3 is 12.1 Å². The minimum atomic E-state index is -1.50. The van der Waals surface area contributed by atoms with Crippen molar-refractivity contribution in [3.8, 4) is 11.4 Å². The van der Waals surface area contributed by atoms with Gasteiger partial charge in [0.2, 0.25) is 17.6 Å². The van der Waals surface area contributed by atoms with Crippen LogP contribution in [-0.2, 0) is 19.1 Å². The molecule has 5 rings (SSSR count). The molecule has 3 amide bonds. The Morgan fingerprint density at radius 1 is 1.15 bits per heavy atom. The van der Waals surface area contributed by atoms with Crippen molar-refractivity contribution in [3.05, 3.63) is 35.9 Å². The molecule has 0 bridgehead atoms. The topological polar surface area (TPSA) is 172 Å². The summed E-state index contributed by atoms with van der Waals surface area (Å²) in [6, 6.07) is -0.696. The second-order valence-corrected chi connectivity index (χ2v) is 13.9. The first-order valence-corrected chi connectivity index (χ1v) is 16.1. The largest absolute Gasteiger partial charge is 0.479 e. The summed E-state index contributed by atoms with van der Waals surface area (Å²) in [5.41, 5.74) is -2.50. The number of alkyl carbamates (subject to hydrolysis) is 1. The van der Waals surface area contributed by atoms with E-state index >= 15 is 0 Å². The molecule has 16 heteroatoms. The number of amides is 3. The Balaban J connectivity index is 1.45. The normalized spacial score (nSPS) is 26.4. The van der Waals surface area contributed by atoms with E-state index < -0.39 is 70.7 Å². The second-order valence-electron chi connectivity index (χ2n) is 13.9. The van der Waals surface area contributed by atoms with Crippen LogP contribution in [-0.4, -0.2) is 98.0 Å². The molecular weight excluding hydrogens is 630 g/mol. The first kappa shape index (κ1) is 34.7. The molecule has 2 aromatic rings. The monoisotopic (exact) mass is 672 g/mol. The first-order valence-electron chi connectivity index (χ1n) is 16.1. The Hall–Kier alpha value is -4.63. The summed E-state index contributed by atoms with van der Waals surface area (Å²) in [4.78, 5) is 57.0. The summed E-state index contributed by atoms with van der Waals surface area (Å²) in [7, 11) is 3.02. The average molecular weight is 673 g/mol. The number of carbonyl (C=O) groups excluding carboxylic acids is 3. The van der Waals surface area contributed by atoms with Crippen LogP contribution >= 0.6 is 0 Å². The number of aromatic nitrogens is 4. The lowest BCUT2D eigenvalue weighted by molar-refractivity contribution is -0.145. The van der Waals surface area contributed by atoms with Crippen molar-refractivity contribution in [2.45, 2.75) is 95.0 Å². The highest BCUT2D eigenvalue weighted by Crippen LogP contribution is 2.45. The highest BCUT2D eigenvalue weighted by molar-refractivity contribution is 5.96. The van der Waals surface area contributed by atoms with E-state index in [0.29, 0.717) is 12.8 Å². The Labute approximate surface area is 276 Å². The lowest BCUT2D eigenvalue weighted by Gasteiger charge is -2.30. The molecule has 0 spiro atoms. The molecule has 3 heterocycles. The van der Waals surface area contributed by atoms with Gasteiger partial charge in [-0.25, -0.2) is 18.4 Å². The van der Waals surface area contributed by atoms with Crippen LogP contribution in [0, 0.1) is 17.6 Å². The molecule has 14 nitrogen and oxygen atoms in total. The van der Waals surface area contributed by atoms with Gasteiger partial charge in [-0.3, -0.25) is 9.59 Å². The third kappa shape index (κ3) is 7.41. The number of hydrogen-bond acceptors (Lipinski definition) is 9. The van der Waals surface area contributed by atoms with Crippen molar-refractivity contribution in [3.63, 3.8) is 0 Å². The Kier molecular flexibility index (Phi) is 9.74. The molecule has 3 N–H and O–H groups in total. The van der Waals surface area contributed by atoms with Crippen molar-refractivity contribution >= 4 is 29.6 Å². The van der Waals surface area contributed by atoms with E-state index in [9.17, 15) is 33.1 Å². The van der Waals surface area contributed by atoms with Gasteiger partial charge in [0.25, 0.3) is 0 Å². The number of carboxylic acids is 1. The van der Waals surface area contributed by atoms with E-state index in [1.165, 1.54) is 28.7 Å². The van der Waals surface area contributed by atoms with E-state index in [-0.39, 0.29) is 42.9 Å². The van der Waals surface area contributed by atoms with Crippen LogP contribution in [0.3, 0.4) is 0 Å². The first-order chi connectivity index (χ1) is 22.6. The molecule has 1 aliphatic carbocycles. The van der Waals surface area contributed by atoms with Gasteiger partial charge in [-0.1, -0.05) is 25.0 Å². The van der Waals surface area contributed by atoms with E-state index in [1.54, 1.807) is 20.8 Å². The molecule has 1 saturated carbocycles. The van der Waals surface area contributed by atoms with Crippen molar-refractivity contribution in [2.75, 3.05) is 25.5 Å². The summed E-state index contributed by atoms with van der Waals surface area (Å²) in [6.07, 6.45) is 6.30. The van der Waals surface area contributed by atoms with Crippen molar-refractivity contribution in [1.82, 2.24) is 35.7 Å². The maximum absolute atomic E-state index is 14.7. The minimum absolute atomic E-state index is 0.00890. The SMILES string of the molecule is CN(C)c1c(F)cc(-c2nnn(C3C[C@H]4C(=O)N[C@@]5(C(=O)O)C[C@H]5C=CCCCCC[C@@H](NC(=O)OC(C)(C)C)C(=O)N4C3)n2)cc1F. The number of ether oxygens (including phenoxy) is 1. The average Bonchev–Trinajstić information content (AvgIpc) is 3.30. The molecule has 2 aliphatic heterocycles. The fraction of sp³-hybridized carbons (Fsp3) is 0.594.